The second-order valence-corrected chi connectivity index (χ2v) is 7.21. The number of nitrogens with zero attached hydrogens (tertiary/aromatic N) is 4. The van der Waals surface area contributed by atoms with Gasteiger partial charge in [0.05, 0.1) is 12.5 Å². The molecule has 0 saturated carbocycles. The van der Waals surface area contributed by atoms with Gasteiger partial charge < -0.3 is 9.32 Å². The van der Waals surface area contributed by atoms with Crippen LogP contribution in [0.3, 0.4) is 0 Å². The molecule has 1 aliphatic rings. The lowest BCUT2D eigenvalue weighted by Crippen LogP contribution is -2.49. The molecule has 150 valence electrons. The first kappa shape index (κ1) is 19.3. The second-order valence-electron chi connectivity index (χ2n) is 7.21. The van der Waals surface area contributed by atoms with Crippen LogP contribution in [0.2, 0.25) is 0 Å². The van der Waals surface area contributed by atoms with Crippen molar-refractivity contribution in [2.45, 2.75) is 19.4 Å². The smallest absolute Gasteiger partial charge is 0.247 e. The van der Waals surface area contributed by atoms with E-state index in [2.05, 4.69) is 15.1 Å². The third kappa shape index (κ3) is 4.51. The normalized spacial score (nSPS) is 16.0. The molecule has 0 spiro atoms. The Hall–Kier alpha value is -3.06. The number of aromatic nitrogens is 2. The average molecular weight is 394 g/mol. The lowest BCUT2D eigenvalue weighted by molar-refractivity contribution is -0.132. The van der Waals surface area contributed by atoms with Gasteiger partial charge in [-0.3, -0.25) is 9.69 Å². The highest BCUT2D eigenvalue weighted by molar-refractivity contribution is 5.78. The first-order valence-electron chi connectivity index (χ1n) is 9.75. The SMILES string of the molecule is CC(c1nnc(-c2ccccc2)o1)N1CCN(C(=O)Cc2ccc(F)cc2)CC1. The van der Waals surface area contributed by atoms with Crippen LogP contribution in [-0.4, -0.2) is 52.1 Å². The fourth-order valence-corrected chi connectivity index (χ4v) is 3.50. The molecule has 0 radical (unpaired) electrons. The highest BCUT2D eigenvalue weighted by Gasteiger charge is 2.27. The van der Waals surface area contributed by atoms with E-state index in [0.717, 1.165) is 24.2 Å². The van der Waals surface area contributed by atoms with Gasteiger partial charge in [-0.25, -0.2) is 4.39 Å². The number of hydrogen-bond donors (Lipinski definition) is 0. The Labute approximate surface area is 169 Å². The summed E-state index contributed by atoms with van der Waals surface area (Å²) in [5.41, 5.74) is 1.72. The number of rotatable bonds is 5. The fraction of sp³-hybridized carbons (Fsp3) is 0.318. The van der Waals surface area contributed by atoms with Crippen molar-refractivity contribution in [3.8, 4) is 11.5 Å². The molecule has 1 aliphatic heterocycles. The molecule has 1 saturated heterocycles. The topological polar surface area (TPSA) is 62.5 Å². The van der Waals surface area contributed by atoms with Crippen LogP contribution < -0.4 is 0 Å². The van der Waals surface area contributed by atoms with E-state index >= 15 is 0 Å². The monoisotopic (exact) mass is 394 g/mol. The van der Waals surface area contributed by atoms with Gasteiger partial charge in [-0.15, -0.1) is 10.2 Å². The van der Waals surface area contributed by atoms with Crippen LogP contribution >= 0.6 is 0 Å². The van der Waals surface area contributed by atoms with Crippen molar-refractivity contribution < 1.29 is 13.6 Å². The van der Waals surface area contributed by atoms with E-state index in [4.69, 9.17) is 4.42 Å². The minimum Gasteiger partial charge on any atom is -0.419 e. The van der Waals surface area contributed by atoms with Gasteiger partial charge in [0.15, 0.2) is 0 Å². The van der Waals surface area contributed by atoms with Crippen molar-refractivity contribution >= 4 is 5.91 Å². The maximum Gasteiger partial charge on any atom is 0.247 e. The minimum absolute atomic E-state index is 0.0192. The number of hydrogen-bond acceptors (Lipinski definition) is 5. The summed E-state index contributed by atoms with van der Waals surface area (Å²) >= 11 is 0. The first-order valence-corrected chi connectivity index (χ1v) is 9.75. The van der Waals surface area contributed by atoms with E-state index in [1.807, 2.05) is 42.2 Å². The third-order valence-electron chi connectivity index (χ3n) is 5.30. The Morgan fingerprint density at radius 1 is 1.03 bits per heavy atom. The van der Waals surface area contributed by atoms with Crippen molar-refractivity contribution in [3.05, 3.63) is 71.9 Å². The van der Waals surface area contributed by atoms with Gasteiger partial charge in [-0.05, 0) is 36.8 Å². The molecule has 0 bridgehead atoms. The Bertz CT molecular complexity index is 950. The molecule has 3 aromatic rings. The molecule has 1 aromatic heterocycles. The van der Waals surface area contributed by atoms with Crippen molar-refractivity contribution in [3.63, 3.8) is 0 Å². The summed E-state index contributed by atoms with van der Waals surface area (Å²) in [6.45, 7) is 4.80. The van der Waals surface area contributed by atoms with E-state index in [1.165, 1.54) is 12.1 Å². The maximum atomic E-state index is 13.0. The molecular weight excluding hydrogens is 371 g/mol. The van der Waals surface area contributed by atoms with Gasteiger partial charge in [0.2, 0.25) is 17.7 Å². The Balaban J connectivity index is 1.32. The zero-order valence-electron chi connectivity index (χ0n) is 16.3. The van der Waals surface area contributed by atoms with Gasteiger partial charge in [-0.1, -0.05) is 30.3 Å². The molecule has 2 aromatic carbocycles. The summed E-state index contributed by atoms with van der Waals surface area (Å²) in [7, 11) is 0. The Kier molecular flexibility index (Phi) is 5.67. The summed E-state index contributed by atoms with van der Waals surface area (Å²) in [5, 5.41) is 8.38. The Morgan fingerprint density at radius 2 is 1.72 bits per heavy atom. The van der Waals surface area contributed by atoms with Gasteiger partial charge in [0.1, 0.15) is 5.82 Å². The van der Waals surface area contributed by atoms with E-state index < -0.39 is 0 Å². The highest BCUT2D eigenvalue weighted by Crippen LogP contribution is 2.24. The molecule has 1 atom stereocenters. The van der Waals surface area contributed by atoms with E-state index in [0.29, 0.717) is 31.3 Å². The van der Waals surface area contributed by atoms with Crippen LogP contribution in [0.4, 0.5) is 4.39 Å². The minimum atomic E-state index is -0.291. The van der Waals surface area contributed by atoms with E-state index in [9.17, 15) is 9.18 Å². The van der Waals surface area contributed by atoms with Crippen LogP contribution in [0.15, 0.2) is 59.0 Å². The van der Waals surface area contributed by atoms with Gasteiger partial charge in [-0.2, -0.15) is 0 Å². The molecule has 29 heavy (non-hydrogen) atoms. The number of amides is 1. The number of carbonyl (C=O) groups is 1. The number of halogens is 1. The summed E-state index contributed by atoms with van der Waals surface area (Å²) < 4.78 is 18.9. The molecule has 2 heterocycles. The van der Waals surface area contributed by atoms with Gasteiger partial charge in [0.25, 0.3) is 0 Å². The van der Waals surface area contributed by atoms with E-state index in [-0.39, 0.29) is 17.8 Å². The summed E-state index contributed by atoms with van der Waals surface area (Å²) in [6.07, 6.45) is 0.292. The predicted molar refractivity (Wildman–Crippen MR) is 106 cm³/mol. The van der Waals surface area contributed by atoms with Crippen molar-refractivity contribution in [1.29, 1.82) is 0 Å². The van der Waals surface area contributed by atoms with Crippen molar-refractivity contribution in [1.82, 2.24) is 20.0 Å². The molecule has 1 fully saturated rings. The first-order chi connectivity index (χ1) is 14.1. The third-order valence-corrected chi connectivity index (χ3v) is 5.30. The Morgan fingerprint density at radius 3 is 2.41 bits per heavy atom. The summed E-state index contributed by atoms with van der Waals surface area (Å²) in [6, 6.07) is 15.8. The van der Waals surface area contributed by atoms with Crippen LogP contribution in [0.5, 0.6) is 0 Å². The zero-order chi connectivity index (χ0) is 20.2. The second kappa shape index (κ2) is 8.53. The molecule has 0 aliphatic carbocycles. The molecule has 0 N–H and O–H groups in total. The standard InChI is InChI=1S/C22H23FN4O2/c1-16(21-24-25-22(29-21)18-5-3-2-4-6-18)26-11-13-27(14-12-26)20(28)15-17-7-9-19(23)10-8-17/h2-10,16H,11-15H2,1H3. The lowest BCUT2D eigenvalue weighted by atomic mass is 10.1. The zero-order valence-corrected chi connectivity index (χ0v) is 16.3. The van der Waals surface area contributed by atoms with Crippen molar-refractivity contribution in [2.75, 3.05) is 26.2 Å². The quantitative estimate of drug-likeness (QED) is 0.664. The summed E-state index contributed by atoms with van der Waals surface area (Å²) in [5.74, 6) is 0.865. The highest BCUT2D eigenvalue weighted by atomic mass is 19.1. The molecule has 1 unspecified atom stereocenters. The summed E-state index contributed by atoms with van der Waals surface area (Å²) in [4.78, 5) is 16.6. The number of carbonyl (C=O) groups excluding carboxylic acids is 1. The molecule has 6 nitrogen and oxygen atoms in total. The molecule has 1 amide bonds. The van der Waals surface area contributed by atoms with Crippen molar-refractivity contribution in [2.24, 2.45) is 0 Å². The van der Waals surface area contributed by atoms with E-state index in [1.54, 1.807) is 12.1 Å². The van der Waals surface area contributed by atoms with Crippen LogP contribution in [0.25, 0.3) is 11.5 Å². The lowest BCUT2D eigenvalue weighted by Gasteiger charge is -2.37. The molecule has 4 rings (SSSR count). The molecular formula is C22H23FN4O2. The van der Waals surface area contributed by atoms with Gasteiger partial charge in [0, 0.05) is 31.7 Å². The molecule has 7 heteroatoms. The maximum absolute atomic E-state index is 13.0. The predicted octanol–water partition coefficient (Wildman–Crippen LogP) is 3.32. The average Bonchev–Trinajstić information content (AvgIpc) is 3.26. The largest absolute Gasteiger partial charge is 0.419 e. The van der Waals surface area contributed by atoms with Crippen LogP contribution in [0, 0.1) is 5.82 Å². The fourth-order valence-electron chi connectivity index (χ4n) is 3.50. The van der Waals surface area contributed by atoms with Gasteiger partial charge >= 0.3 is 0 Å². The number of benzene rings is 2. The number of piperazine rings is 1. The van der Waals surface area contributed by atoms with Crippen LogP contribution in [-0.2, 0) is 11.2 Å². The van der Waals surface area contributed by atoms with Crippen LogP contribution in [0.1, 0.15) is 24.4 Å².